The van der Waals surface area contributed by atoms with Crippen LogP contribution in [0.3, 0.4) is 0 Å². The minimum atomic E-state index is -0.216. The van der Waals surface area contributed by atoms with Gasteiger partial charge in [-0.3, -0.25) is 9.58 Å². The van der Waals surface area contributed by atoms with Crippen LogP contribution in [0.15, 0.2) is 12.4 Å². The Morgan fingerprint density at radius 3 is 3.00 bits per heavy atom. The lowest BCUT2D eigenvalue weighted by molar-refractivity contribution is 0.0209. The van der Waals surface area contributed by atoms with Gasteiger partial charge in [-0.05, 0) is 6.92 Å². The molecule has 0 radical (unpaired) electrons. The number of carbonyl (C=O) groups excluding carboxylic acids is 1. The Morgan fingerprint density at radius 2 is 2.27 bits per heavy atom. The number of carbonyl (C=O) groups is 1. The summed E-state index contributed by atoms with van der Waals surface area (Å²) in [4.78, 5) is 14.2. The van der Waals surface area contributed by atoms with Crippen LogP contribution in [0, 0.1) is 0 Å². The van der Waals surface area contributed by atoms with E-state index in [9.17, 15) is 4.79 Å². The molecule has 8 heteroatoms. The van der Waals surface area contributed by atoms with Crippen molar-refractivity contribution < 1.29 is 14.3 Å². The molecular formula is C14H25N5O3. The molecule has 1 aromatic heterocycles. The third kappa shape index (κ3) is 5.28. The summed E-state index contributed by atoms with van der Waals surface area (Å²) in [6.07, 6.45) is 3.41. The fourth-order valence-electron chi connectivity index (χ4n) is 2.30. The van der Waals surface area contributed by atoms with Crippen molar-refractivity contribution in [3.63, 3.8) is 0 Å². The average Bonchev–Trinajstić information content (AvgIpc) is 2.98. The Labute approximate surface area is 130 Å². The molecule has 1 aromatic rings. The fourth-order valence-corrected chi connectivity index (χ4v) is 2.30. The second-order valence-electron chi connectivity index (χ2n) is 5.32. The summed E-state index contributed by atoms with van der Waals surface area (Å²) in [6.45, 7) is 7.30. The van der Waals surface area contributed by atoms with Crippen molar-refractivity contribution in [1.29, 1.82) is 0 Å². The first kappa shape index (κ1) is 16.7. The highest BCUT2D eigenvalue weighted by Crippen LogP contribution is 2.05. The maximum Gasteiger partial charge on any atom is 0.319 e. The first-order valence-electron chi connectivity index (χ1n) is 7.57. The Hall–Kier alpha value is -1.64. The zero-order chi connectivity index (χ0) is 15.8. The first-order valence-corrected chi connectivity index (χ1v) is 7.57. The van der Waals surface area contributed by atoms with Gasteiger partial charge in [0.2, 0.25) is 0 Å². The van der Waals surface area contributed by atoms with Crippen molar-refractivity contribution in [2.45, 2.75) is 19.5 Å². The topological polar surface area (TPSA) is 80.7 Å². The van der Waals surface area contributed by atoms with Gasteiger partial charge in [-0.2, -0.15) is 5.10 Å². The van der Waals surface area contributed by atoms with E-state index in [4.69, 9.17) is 9.47 Å². The van der Waals surface area contributed by atoms with E-state index in [2.05, 4.69) is 27.6 Å². The molecule has 0 unspecified atom stereocenters. The van der Waals surface area contributed by atoms with Crippen LogP contribution in [0.2, 0.25) is 0 Å². The number of amides is 2. The highest BCUT2D eigenvalue weighted by molar-refractivity contribution is 5.88. The van der Waals surface area contributed by atoms with E-state index in [1.54, 1.807) is 24.2 Å². The van der Waals surface area contributed by atoms with E-state index in [1.807, 2.05) is 0 Å². The van der Waals surface area contributed by atoms with E-state index < -0.39 is 0 Å². The average molecular weight is 311 g/mol. The number of nitrogens with one attached hydrogen (secondary N) is 2. The van der Waals surface area contributed by atoms with Gasteiger partial charge in [0.05, 0.1) is 38.2 Å². The van der Waals surface area contributed by atoms with Crippen molar-refractivity contribution in [1.82, 2.24) is 20.0 Å². The monoisotopic (exact) mass is 311 g/mol. The summed E-state index contributed by atoms with van der Waals surface area (Å²) in [6, 6.07) is 0.0745. The maximum absolute atomic E-state index is 11.9. The van der Waals surface area contributed by atoms with Crippen LogP contribution in [0.5, 0.6) is 0 Å². The first-order chi connectivity index (χ1) is 10.7. The second-order valence-corrected chi connectivity index (χ2v) is 5.32. The fraction of sp³-hybridized carbons (Fsp3) is 0.714. The van der Waals surface area contributed by atoms with Crippen LogP contribution in [0.25, 0.3) is 0 Å². The normalized spacial score (nSPS) is 17.2. The molecule has 0 spiro atoms. The number of ether oxygens (including phenoxy) is 2. The number of hydrogen-bond donors (Lipinski definition) is 2. The number of hydrogen-bond acceptors (Lipinski definition) is 5. The van der Waals surface area contributed by atoms with E-state index in [0.717, 1.165) is 26.3 Å². The smallest absolute Gasteiger partial charge is 0.319 e. The summed E-state index contributed by atoms with van der Waals surface area (Å²) in [7, 11) is 1.64. The van der Waals surface area contributed by atoms with Crippen molar-refractivity contribution in [3.05, 3.63) is 12.4 Å². The Morgan fingerprint density at radius 1 is 1.50 bits per heavy atom. The third-order valence-electron chi connectivity index (χ3n) is 3.64. The summed E-state index contributed by atoms with van der Waals surface area (Å²) in [5.41, 5.74) is 0.674. The number of methoxy groups -OCH3 is 1. The van der Waals surface area contributed by atoms with E-state index >= 15 is 0 Å². The molecule has 1 aliphatic heterocycles. The van der Waals surface area contributed by atoms with Crippen molar-refractivity contribution in [3.8, 4) is 0 Å². The zero-order valence-electron chi connectivity index (χ0n) is 13.2. The Bertz CT molecular complexity index is 459. The van der Waals surface area contributed by atoms with Gasteiger partial charge in [0.25, 0.3) is 0 Å². The molecule has 124 valence electrons. The number of aromatic nitrogens is 2. The van der Waals surface area contributed by atoms with Gasteiger partial charge >= 0.3 is 6.03 Å². The minimum Gasteiger partial charge on any atom is -0.383 e. The minimum absolute atomic E-state index is 0.216. The van der Waals surface area contributed by atoms with Gasteiger partial charge in [-0.25, -0.2) is 4.79 Å². The van der Waals surface area contributed by atoms with Gasteiger partial charge in [0.15, 0.2) is 0 Å². The van der Waals surface area contributed by atoms with Crippen LogP contribution in [-0.4, -0.2) is 73.3 Å². The summed E-state index contributed by atoms with van der Waals surface area (Å²) in [5.74, 6) is 0. The molecule has 2 rings (SSSR count). The van der Waals surface area contributed by atoms with Crippen LogP contribution in [0.4, 0.5) is 10.5 Å². The second kappa shape index (κ2) is 8.72. The maximum atomic E-state index is 11.9. The molecule has 2 heterocycles. The highest BCUT2D eigenvalue weighted by Gasteiger charge is 2.17. The van der Waals surface area contributed by atoms with E-state index in [-0.39, 0.29) is 6.03 Å². The molecule has 1 atom stereocenters. The highest BCUT2D eigenvalue weighted by atomic mass is 16.5. The van der Waals surface area contributed by atoms with Gasteiger partial charge in [0, 0.05) is 39.0 Å². The van der Waals surface area contributed by atoms with Crippen molar-refractivity contribution in [2.75, 3.05) is 51.9 Å². The molecule has 2 N–H and O–H groups in total. The van der Waals surface area contributed by atoms with E-state index in [0.29, 0.717) is 31.4 Å². The van der Waals surface area contributed by atoms with Crippen LogP contribution < -0.4 is 10.6 Å². The molecular weight excluding hydrogens is 286 g/mol. The predicted octanol–water partition coefficient (Wildman–Crippen LogP) is 0.372. The van der Waals surface area contributed by atoms with Gasteiger partial charge in [0.1, 0.15) is 0 Å². The standard InChI is InChI=1S/C14H25N5O3/c1-12(18-3-7-22-8-4-18)9-15-14(20)17-13-10-16-19(11-13)5-6-21-2/h10-12H,3-9H2,1-2H3,(H2,15,17,20)/t12-/m0/s1. The van der Waals surface area contributed by atoms with Gasteiger partial charge in [-0.15, -0.1) is 0 Å². The van der Waals surface area contributed by atoms with E-state index in [1.165, 1.54) is 0 Å². The van der Waals surface area contributed by atoms with Crippen molar-refractivity contribution in [2.24, 2.45) is 0 Å². The lowest BCUT2D eigenvalue weighted by atomic mass is 10.2. The summed E-state index contributed by atoms with van der Waals surface area (Å²) >= 11 is 0. The molecule has 2 amide bonds. The number of rotatable bonds is 7. The summed E-state index contributed by atoms with van der Waals surface area (Å²) < 4.78 is 12.0. The molecule has 1 aliphatic rings. The van der Waals surface area contributed by atoms with Gasteiger partial charge < -0.3 is 20.1 Å². The molecule has 1 fully saturated rings. The zero-order valence-corrected chi connectivity index (χ0v) is 13.2. The van der Waals surface area contributed by atoms with Crippen LogP contribution in [0.1, 0.15) is 6.92 Å². The lowest BCUT2D eigenvalue weighted by Crippen LogP contribution is -2.47. The molecule has 0 aliphatic carbocycles. The van der Waals surface area contributed by atoms with Crippen LogP contribution in [-0.2, 0) is 16.0 Å². The summed E-state index contributed by atoms with van der Waals surface area (Å²) in [5, 5.41) is 9.81. The Kier molecular flexibility index (Phi) is 6.63. The number of morpholine rings is 1. The number of urea groups is 1. The van der Waals surface area contributed by atoms with Gasteiger partial charge in [-0.1, -0.05) is 0 Å². The molecule has 0 bridgehead atoms. The quantitative estimate of drug-likeness (QED) is 0.760. The lowest BCUT2D eigenvalue weighted by Gasteiger charge is -2.32. The van der Waals surface area contributed by atoms with Crippen molar-refractivity contribution >= 4 is 11.7 Å². The number of nitrogens with zero attached hydrogens (tertiary/aromatic N) is 3. The third-order valence-corrected chi connectivity index (χ3v) is 3.64. The molecule has 0 aromatic carbocycles. The molecule has 22 heavy (non-hydrogen) atoms. The number of anilines is 1. The SMILES string of the molecule is COCCn1cc(NC(=O)NC[C@H](C)N2CCOCC2)cn1. The molecule has 1 saturated heterocycles. The predicted molar refractivity (Wildman–Crippen MR) is 83.0 cm³/mol. The largest absolute Gasteiger partial charge is 0.383 e. The molecule has 0 saturated carbocycles. The Balaban J connectivity index is 1.69. The van der Waals surface area contributed by atoms with Crippen LogP contribution >= 0.6 is 0 Å². The molecule has 8 nitrogen and oxygen atoms in total.